The third-order valence-electron chi connectivity index (χ3n) is 3.31. The minimum absolute atomic E-state index is 0.359. The van der Waals surface area contributed by atoms with E-state index in [0.717, 1.165) is 5.56 Å². The summed E-state index contributed by atoms with van der Waals surface area (Å²) in [4.78, 5) is 21.5. The van der Waals surface area contributed by atoms with Crippen LogP contribution < -0.4 is 10.1 Å². The van der Waals surface area contributed by atoms with Crippen LogP contribution in [-0.2, 0) is 0 Å². The Morgan fingerprint density at radius 1 is 1.19 bits per heavy atom. The number of hydrogen-bond acceptors (Lipinski definition) is 8. The van der Waals surface area contributed by atoms with Gasteiger partial charge in [0, 0.05) is 10.9 Å². The molecule has 0 aliphatic carbocycles. The maximum atomic E-state index is 12.1. The highest BCUT2D eigenvalue weighted by Crippen LogP contribution is 2.38. The summed E-state index contributed by atoms with van der Waals surface area (Å²) in [7, 11) is 0. The molecule has 0 atom stereocenters. The van der Waals surface area contributed by atoms with E-state index in [9.17, 15) is 4.79 Å². The molecule has 4 rings (SSSR count). The lowest BCUT2D eigenvalue weighted by Gasteiger charge is -2.01. The first-order valence-corrected chi connectivity index (χ1v) is 9.33. The molecule has 1 aromatic carbocycles. The van der Waals surface area contributed by atoms with Gasteiger partial charge in [-0.15, -0.1) is 11.3 Å². The summed E-state index contributed by atoms with van der Waals surface area (Å²) in [6.45, 7) is 1.74. The number of nitrogens with one attached hydrogen (secondary N) is 1. The SMILES string of the molecule is Cc1noc(-c2sc(NC(=O)Oc3ccsc3)nc2-c2ccccc2)n1. The number of nitrogens with zero attached hydrogens (tertiary/aromatic N) is 3. The number of carbonyl (C=O) groups excluding carboxylic acids is 1. The quantitative estimate of drug-likeness (QED) is 0.541. The van der Waals surface area contributed by atoms with Crippen molar-refractivity contribution >= 4 is 33.9 Å². The van der Waals surface area contributed by atoms with Crippen LogP contribution in [-0.4, -0.2) is 21.2 Å². The molecule has 4 aromatic rings. The lowest BCUT2D eigenvalue weighted by atomic mass is 10.1. The molecule has 26 heavy (non-hydrogen) atoms. The van der Waals surface area contributed by atoms with Crippen LogP contribution in [0.5, 0.6) is 5.75 Å². The number of benzene rings is 1. The number of carbonyl (C=O) groups is 1. The zero-order valence-corrected chi connectivity index (χ0v) is 15.1. The monoisotopic (exact) mass is 384 g/mol. The van der Waals surface area contributed by atoms with Gasteiger partial charge in [-0.2, -0.15) is 4.98 Å². The second kappa shape index (κ2) is 7.06. The van der Waals surface area contributed by atoms with Gasteiger partial charge >= 0.3 is 6.09 Å². The van der Waals surface area contributed by atoms with Gasteiger partial charge < -0.3 is 9.26 Å². The van der Waals surface area contributed by atoms with Crippen LogP contribution in [0.2, 0.25) is 0 Å². The van der Waals surface area contributed by atoms with E-state index in [-0.39, 0.29) is 0 Å². The topological polar surface area (TPSA) is 90.1 Å². The molecule has 0 saturated carbocycles. The number of thiazole rings is 1. The lowest BCUT2D eigenvalue weighted by molar-refractivity contribution is 0.215. The Labute approximate surface area is 156 Å². The van der Waals surface area contributed by atoms with Crippen molar-refractivity contribution in [2.24, 2.45) is 0 Å². The van der Waals surface area contributed by atoms with E-state index in [0.29, 0.717) is 33.2 Å². The summed E-state index contributed by atoms with van der Waals surface area (Å²) in [5.74, 6) is 1.37. The van der Waals surface area contributed by atoms with Crippen molar-refractivity contribution in [3.05, 3.63) is 53.0 Å². The van der Waals surface area contributed by atoms with Gasteiger partial charge in [0.05, 0.1) is 5.69 Å². The maximum Gasteiger partial charge on any atom is 0.418 e. The van der Waals surface area contributed by atoms with E-state index in [1.54, 1.807) is 18.4 Å². The van der Waals surface area contributed by atoms with Crippen LogP contribution >= 0.6 is 22.7 Å². The Hall–Kier alpha value is -3.04. The zero-order chi connectivity index (χ0) is 17.9. The number of ether oxygens (including phenoxy) is 1. The standard InChI is InChI=1S/C17H12N4O3S2/c1-10-18-15(24-21-10)14-13(11-5-3-2-4-6-11)19-16(26-14)20-17(22)23-12-7-8-25-9-12/h2-9H,1H3,(H,19,20,22). The molecule has 0 fully saturated rings. The van der Waals surface area contributed by atoms with Crippen molar-refractivity contribution in [2.45, 2.75) is 6.92 Å². The molecule has 0 unspecified atom stereocenters. The Kier molecular flexibility index (Phi) is 4.46. The van der Waals surface area contributed by atoms with Crippen LogP contribution in [0, 0.1) is 6.92 Å². The van der Waals surface area contributed by atoms with Crippen LogP contribution in [0.25, 0.3) is 22.0 Å². The second-order valence-electron chi connectivity index (χ2n) is 5.18. The van der Waals surface area contributed by atoms with Crippen LogP contribution in [0.15, 0.2) is 51.7 Å². The molecule has 0 bridgehead atoms. The number of anilines is 1. The Bertz CT molecular complexity index is 1030. The lowest BCUT2D eigenvalue weighted by Crippen LogP contribution is -2.16. The third-order valence-corrected chi connectivity index (χ3v) is 4.93. The van der Waals surface area contributed by atoms with Crippen LogP contribution in [0.4, 0.5) is 9.93 Å². The van der Waals surface area contributed by atoms with Crippen molar-refractivity contribution in [1.29, 1.82) is 0 Å². The molecule has 130 valence electrons. The van der Waals surface area contributed by atoms with E-state index >= 15 is 0 Å². The first-order chi connectivity index (χ1) is 12.7. The Morgan fingerprint density at radius 3 is 2.73 bits per heavy atom. The molecular formula is C17H12N4O3S2. The van der Waals surface area contributed by atoms with Gasteiger partial charge in [0.25, 0.3) is 5.89 Å². The normalized spacial score (nSPS) is 10.7. The molecule has 0 spiro atoms. The molecule has 1 N–H and O–H groups in total. The van der Waals surface area contributed by atoms with Crippen molar-refractivity contribution in [2.75, 3.05) is 5.32 Å². The Morgan fingerprint density at radius 2 is 2.04 bits per heavy atom. The summed E-state index contributed by atoms with van der Waals surface area (Å²) in [5.41, 5.74) is 1.54. The molecule has 0 saturated heterocycles. The van der Waals surface area contributed by atoms with E-state index in [4.69, 9.17) is 9.26 Å². The summed E-state index contributed by atoms with van der Waals surface area (Å²) in [6, 6.07) is 11.3. The molecule has 1 amide bonds. The molecule has 0 aliphatic heterocycles. The second-order valence-corrected chi connectivity index (χ2v) is 6.96. The van der Waals surface area contributed by atoms with Gasteiger partial charge in [-0.1, -0.05) is 46.8 Å². The Balaban J connectivity index is 1.66. The highest BCUT2D eigenvalue weighted by atomic mass is 32.1. The molecule has 0 radical (unpaired) electrons. The van der Waals surface area contributed by atoms with E-state index < -0.39 is 6.09 Å². The first kappa shape index (κ1) is 16.4. The highest BCUT2D eigenvalue weighted by molar-refractivity contribution is 7.19. The fraction of sp³-hybridized carbons (Fsp3) is 0.0588. The fourth-order valence-electron chi connectivity index (χ4n) is 2.23. The van der Waals surface area contributed by atoms with Crippen molar-refractivity contribution in [1.82, 2.24) is 15.1 Å². The number of thiophene rings is 1. The summed E-state index contributed by atoms with van der Waals surface area (Å²) < 4.78 is 10.5. The van der Waals surface area contributed by atoms with Crippen molar-refractivity contribution in [3.8, 4) is 27.8 Å². The molecule has 9 heteroatoms. The van der Waals surface area contributed by atoms with E-state index in [1.807, 2.05) is 35.7 Å². The van der Waals surface area contributed by atoms with Gasteiger partial charge in [0.15, 0.2) is 11.0 Å². The van der Waals surface area contributed by atoms with Crippen molar-refractivity contribution in [3.63, 3.8) is 0 Å². The largest absolute Gasteiger partial charge is 0.418 e. The number of rotatable bonds is 4. The number of aromatic nitrogens is 3. The minimum atomic E-state index is -0.606. The average Bonchev–Trinajstić information content (AvgIpc) is 3.37. The van der Waals surface area contributed by atoms with E-state index in [1.165, 1.54) is 22.7 Å². The van der Waals surface area contributed by atoms with Gasteiger partial charge in [0.1, 0.15) is 10.6 Å². The van der Waals surface area contributed by atoms with E-state index in [2.05, 4.69) is 20.4 Å². The number of hydrogen-bond donors (Lipinski definition) is 1. The van der Waals surface area contributed by atoms with Crippen LogP contribution in [0.3, 0.4) is 0 Å². The molecule has 3 aromatic heterocycles. The number of aryl methyl sites for hydroxylation is 1. The molecule has 3 heterocycles. The smallest absolute Gasteiger partial charge is 0.409 e. The molecular weight excluding hydrogens is 372 g/mol. The first-order valence-electron chi connectivity index (χ1n) is 7.57. The molecule has 7 nitrogen and oxygen atoms in total. The average molecular weight is 384 g/mol. The molecule has 0 aliphatic rings. The summed E-state index contributed by atoms with van der Waals surface area (Å²) in [6.07, 6.45) is -0.606. The van der Waals surface area contributed by atoms with Crippen LogP contribution in [0.1, 0.15) is 5.82 Å². The van der Waals surface area contributed by atoms with Gasteiger partial charge in [-0.25, -0.2) is 9.78 Å². The predicted octanol–water partition coefficient (Wildman–Crippen LogP) is 4.84. The zero-order valence-electron chi connectivity index (χ0n) is 13.5. The highest BCUT2D eigenvalue weighted by Gasteiger charge is 2.21. The predicted molar refractivity (Wildman–Crippen MR) is 99.5 cm³/mol. The van der Waals surface area contributed by atoms with Gasteiger partial charge in [-0.3, -0.25) is 5.32 Å². The third kappa shape index (κ3) is 3.48. The summed E-state index contributed by atoms with van der Waals surface area (Å²) in [5, 5.41) is 10.4. The minimum Gasteiger partial charge on any atom is -0.409 e. The summed E-state index contributed by atoms with van der Waals surface area (Å²) >= 11 is 2.69. The maximum absolute atomic E-state index is 12.1. The van der Waals surface area contributed by atoms with Gasteiger partial charge in [-0.05, 0) is 18.4 Å². The fourth-order valence-corrected chi connectivity index (χ4v) is 3.68. The number of amides is 1. The van der Waals surface area contributed by atoms with Gasteiger partial charge in [0.2, 0.25) is 0 Å². The van der Waals surface area contributed by atoms with Crippen molar-refractivity contribution < 1.29 is 14.1 Å².